The Morgan fingerprint density at radius 1 is 1.00 bits per heavy atom. The molecule has 0 N–H and O–H groups in total. The van der Waals surface area contributed by atoms with Crippen LogP contribution in [0.4, 0.5) is 8.78 Å². The lowest BCUT2D eigenvalue weighted by Gasteiger charge is -2.24. The molecule has 0 aliphatic heterocycles. The molecular weight excluding hydrogens is 562 g/mol. The normalized spacial score (nSPS) is 11.7. The average Bonchev–Trinajstić information content (AvgIpc) is 3.55. The molecule has 4 heterocycles. The van der Waals surface area contributed by atoms with Gasteiger partial charge >= 0.3 is 6.61 Å². The Labute approximate surface area is 250 Å². The SMILES string of the molecule is CC.CC.CCCOc1c(-c2c(-c3cn(C)nc3OC(F)F)c3cccnc3n2COCCS(C)(C)C)c(C)nn1C. The van der Waals surface area contributed by atoms with Gasteiger partial charge in [0.15, 0.2) is 0 Å². The van der Waals surface area contributed by atoms with E-state index in [0.717, 1.165) is 28.8 Å². The highest BCUT2D eigenvalue weighted by atomic mass is 32.3. The lowest BCUT2D eigenvalue weighted by atomic mass is 10.0. The lowest BCUT2D eigenvalue weighted by Crippen LogP contribution is -2.11. The summed E-state index contributed by atoms with van der Waals surface area (Å²) in [5.74, 6) is 1.36. The first-order valence-electron chi connectivity index (χ1n) is 14.4. The molecule has 0 aliphatic carbocycles. The predicted molar refractivity (Wildman–Crippen MR) is 170 cm³/mol. The zero-order valence-corrected chi connectivity index (χ0v) is 27.8. The Balaban J connectivity index is 0.00000148. The molecule has 4 aromatic heterocycles. The number of nitrogens with zero attached hydrogens (tertiary/aromatic N) is 6. The number of ether oxygens (including phenoxy) is 3. The fourth-order valence-electron chi connectivity index (χ4n) is 4.38. The van der Waals surface area contributed by atoms with Crippen molar-refractivity contribution in [3.63, 3.8) is 0 Å². The zero-order valence-electron chi connectivity index (χ0n) is 27.0. The van der Waals surface area contributed by atoms with Crippen LogP contribution in [0.5, 0.6) is 11.8 Å². The first kappa shape index (κ1) is 35.1. The van der Waals surface area contributed by atoms with Gasteiger partial charge in [0.05, 0.1) is 35.7 Å². The van der Waals surface area contributed by atoms with E-state index in [1.807, 2.05) is 65.3 Å². The van der Waals surface area contributed by atoms with Gasteiger partial charge in [0.2, 0.25) is 11.8 Å². The molecular formula is C30H48F2N6O3S. The van der Waals surface area contributed by atoms with E-state index in [-0.39, 0.29) is 12.6 Å². The second-order valence-corrected chi connectivity index (χ2v) is 14.6. The minimum Gasteiger partial charge on any atom is -0.477 e. The molecule has 0 aromatic carbocycles. The smallest absolute Gasteiger partial charge is 0.388 e. The summed E-state index contributed by atoms with van der Waals surface area (Å²) >= 11 is 0. The van der Waals surface area contributed by atoms with E-state index in [2.05, 4.69) is 33.9 Å². The highest BCUT2D eigenvalue weighted by Gasteiger charge is 2.30. The van der Waals surface area contributed by atoms with Crippen molar-refractivity contribution in [2.75, 3.05) is 37.7 Å². The summed E-state index contributed by atoms with van der Waals surface area (Å²) in [7, 11) is 2.75. The van der Waals surface area contributed by atoms with Gasteiger partial charge in [-0.25, -0.2) is 19.7 Å². The van der Waals surface area contributed by atoms with E-state index in [1.54, 1.807) is 24.1 Å². The number of aromatic nitrogens is 6. The third-order valence-electron chi connectivity index (χ3n) is 5.99. The van der Waals surface area contributed by atoms with E-state index in [1.165, 1.54) is 4.68 Å². The van der Waals surface area contributed by atoms with Crippen LogP contribution >= 0.6 is 10.0 Å². The van der Waals surface area contributed by atoms with E-state index in [9.17, 15) is 8.78 Å². The molecule has 0 amide bonds. The second-order valence-electron chi connectivity index (χ2n) is 10.00. The van der Waals surface area contributed by atoms with E-state index >= 15 is 0 Å². The van der Waals surface area contributed by atoms with Crippen LogP contribution in [0.3, 0.4) is 0 Å². The number of alkyl halides is 2. The van der Waals surface area contributed by atoms with Crippen LogP contribution in [0.15, 0.2) is 24.5 Å². The Morgan fingerprint density at radius 2 is 1.69 bits per heavy atom. The number of rotatable bonds is 12. The monoisotopic (exact) mass is 610 g/mol. The van der Waals surface area contributed by atoms with E-state index < -0.39 is 16.6 Å². The molecule has 0 spiro atoms. The summed E-state index contributed by atoms with van der Waals surface area (Å²) in [5, 5.41) is 9.58. The molecule has 0 saturated carbocycles. The zero-order chi connectivity index (χ0) is 31.6. The molecule has 0 fully saturated rings. The van der Waals surface area contributed by atoms with Gasteiger partial charge in [0.25, 0.3) is 0 Å². The van der Waals surface area contributed by atoms with Crippen molar-refractivity contribution in [2.24, 2.45) is 14.1 Å². The quantitative estimate of drug-likeness (QED) is 0.157. The predicted octanol–water partition coefficient (Wildman–Crippen LogP) is 7.26. The van der Waals surface area contributed by atoms with Crippen LogP contribution in [0.2, 0.25) is 0 Å². The van der Waals surface area contributed by atoms with Crippen LogP contribution in [-0.2, 0) is 25.6 Å². The highest BCUT2D eigenvalue weighted by molar-refractivity contribution is 8.32. The van der Waals surface area contributed by atoms with Crippen LogP contribution < -0.4 is 9.47 Å². The maximum Gasteiger partial charge on any atom is 0.388 e. The first-order valence-corrected chi connectivity index (χ1v) is 17.4. The molecule has 9 nitrogen and oxygen atoms in total. The van der Waals surface area contributed by atoms with Crippen LogP contribution in [0, 0.1) is 6.92 Å². The summed E-state index contributed by atoms with van der Waals surface area (Å²) in [6.07, 6.45) is 10.9. The van der Waals surface area contributed by atoms with E-state index in [0.29, 0.717) is 41.6 Å². The number of pyridine rings is 1. The van der Waals surface area contributed by atoms with Crippen LogP contribution in [-0.4, -0.2) is 73.5 Å². The Hall–Kier alpha value is -3.12. The number of hydrogen-bond acceptors (Lipinski definition) is 6. The molecule has 42 heavy (non-hydrogen) atoms. The van der Waals surface area contributed by atoms with Gasteiger partial charge in [0, 0.05) is 43.2 Å². The Morgan fingerprint density at radius 3 is 2.31 bits per heavy atom. The third kappa shape index (κ3) is 8.25. The van der Waals surface area contributed by atoms with Crippen LogP contribution in [0.1, 0.15) is 46.7 Å². The third-order valence-corrected chi connectivity index (χ3v) is 7.38. The minimum absolute atomic E-state index is 0.165. The van der Waals surface area contributed by atoms with Gasteiger partial charge in [-0.2, -0.15) is 13.9 Å². The van der Waals surface area contributed by atoms with Gasteiger partial charge in [-0.05, 0) is 44.2 Å². The van der Waals surface area contributed by atoms with Crippen molar-refractivity contribution in [1.29, 1.82) is 0 Å². The molecule has 12 heteroatoms. The molecule has 4 rings (SSSR count). The highest BCUT2D eigenvalue weighted by Crippen LogP contribution is 2.47. The molecule has 236 valence electrons. The van der Waals surface area contributed by atoms with E-state index in [4.69, 9.17) is 14.2 Å². The minimum atomic E-state index is -3.02. The van der Waals surface area contributed by atoms with Crippen molar-refractivity contribution in [1.82, 2.24) is 29.1 Å². The fourth-order valence-corrected chi connectivity index (χ4v) is 5.00. The largest absolute Gasteiger partial charge is 0.477 e. The van der Waals surface area contributed by atoms with Gasteiger partial charge < -0.3 is 18.8 Å². The number of hydrogen-bond donors (Lipinski definition) is 0. The summed E-state index contributed by atoms with van der Waals surface area (Å²) < 4.78 is 49.1. The number of halogens is 2. The van der Waals surface area contributed by atoms with Crippen molar-refractivity contribution < 1.29 is 23.0 Å². The Bertz CT molecular complexity index is 1410. The molecule has 0 atom stereocenters. The van der Waals surface area contributed by atoms with Gasteiger partial charge in [-0.1, -0.05) is 34.6 Å². The second kappa shape index (κ2) is 15.9. The van der Waals surface area contributed by atoms with Crippen molar-refractivity contribution in [3.05, 3.63) is 30.2 Å². The maximum atomic E-state index is 13.4. The lowest BCUT2D eigenvalue weighted by molar-refractivity contribution is -0.0527. The van der Waals surface area contributed by atoms with Crippen molar-refractivity contribution >= 4 is 21.1 Å². The maximum absolute atomic E-state index is 13.4. The average molecular weight is 611 g/mol. The topological polar surface area (TPSA) is 81.2 Å². The number of aryl methyl sites for hydroxylation is 3. The summed E-state index contributed by atoms with van der Waals surface area (Å²) in [6, 6.07) is 3.73. The van der Waals surface area contributed by atoms with Gasteiger partial charge in [-0.3, -0.25) is 4.68 Å². The van der Waals surface area contributed by atoms with Crippen molar-refractivity contribution in [2.45, 2.75) is 61.3 Å². The standard InChI is InChI=1S/C26H36F2N6O3S.2C2H6/c1-8-12-36-25-20(17(2)30-33(25)4)22-21(19-15-32(3)31-24(19)37-26(27)28)18-10-9-11-29-23(18)34(22)16-35-13-14-38(5,6)7;2*1-2/h9-11,15,26H,8,12-14,16H2,1-7H3;2*1-2H3. The fraction of sp³-hybridized carbons (Fsp3) is 0.567. The molecule has 0 radical (unpaired) electrons. The Kier molecular flexibility index (Phi) is 13.3. The summed E-state index contributed by atoms with van der Waals surface area (Å²) in [4.78, 5) is 4.67. The molecule has 0 saturated heterocycles. The van der Waals surface area contributed by atoms with Gasteiger partial charge in [-0.15, -0.1) is 5.10 Å². The molecule has 4 aromatic rings. The molecule has 0 bridgehead atoms. The molecule has 0 aliphatic rings. The summed E-state index contributed by atoms with van der Waals surface area (Å²) in [6.45, 7) is 10.2. The first-order chi connectivity index (χ1) is 20.0. The summed E-state index contributed by atoms with van der Waals surface area (Å²) in [5.41, 5.74) is 3.89. The van der Waals surface area contributed by atoms with Crippen molar-refractivity contribution in [3.8, 4) is 34.1 Å². The number of fused-ring (bicyclic) bond motifs is 1. The van der Waals surface area contributed by atoms with Crippen LogP contribution in [0.25, 0.3) is 33.4 Å². The molecule has 0 unspecified atom stereocenters. The van der Waals surface area contributed by atoms with Gasteiger partial charge in [0.1, 0.15) is 12.4 Å².